The molecular formula is C43H34N7NaO8S. The van der Waals surface area contributed by atoms with Crippen LogP contribution in [0.3, 0.4) is 0 Å². The zero-order chi connectivity index (χ0) is 39.9. The minimum atomic E-state index is -4.94. The molecule has 8 rings (SSSR count). The average Bonchev–Trinajstić information content (AvgIpc) is 3.23. The Bertz CT molecular complexity index is 3010. The Morgan fingerprint density at radius 2 is 1.07 bits per heavy atom. The van der Waals surface area contributed by atoms with Gasteiger partial charge in [-0.2, -0.15) is 15.3 Å². The zero-order valence-electron chi connectivity index (χ0n) is 30.9. The average molecular weight is 832 g/mol. The molecule has 0 atom stereocenters. The summed E-state index contributed by atoms with van der Waals surface area (Å²) in [6, 6.07) is 43.0. The maximum Gasteiger partial charge on any atom is 1.00 e. The first-order chi connectivity index (χ1) is 27.6. The monoisotopic (exact) mass is 831 g/mol. The standard InChI is InChI=1S/C22H16N4O.C20H13N3O6S.CH4.Na.H2O/c27-21-15-10-16-6-4-5-9-20(16)22(21)26-25-19-13-11-18(12-14-19)24-23-17-7-2-1-3-8-17;24-17-10-18(30(27,28)29)15-9-12(23-26)6-7-14(15)19(17)22-21-16-8-5-11-3-1-2-4-13(11)20(16)25;;;/h1-15,27H;1-10,24-25H,(H,27,28,29);1H4;;1H2/q;;;+1;/p-1. The minimum absolute atomic E-state index is 0. The number of nitroso groups, excluding NO2 is 1. The largest absolute Gasteiger partial charge is 1.00 e. The first-order valence-electron chi connectivity index (χ1n) is 17.0. The van der Waals surface area contributed by atoms with Gasteiger partial charge in [-0.3, -0.25) is 0 Å². The summed E-state index contributed by atoms with van der Waals surface area (Å²) in [6.07, 6.45) is 0. The van der Waals surface area contributed by atoms with Crippen LogP contribution in [0.5, 0.6) is 17.2 Å². The molecule has 296 valence electrons. The van der Waals surface area contributed by atoms with Gasteiger partial charge in [0, 0.05) is 27.3 Å². The first-order valence-corrected chi connectivity index (χ1v) is 18.5. The summed E-state index contributed by atoms with van der Waals surface area (Å²) in [5, 5.41) is 60.5. The van der Waals surface area contributed by atoms with Crippen LogP contribution in [0.1, 0.15) is 7.43 Å². The molecule has 0 aliphatic heterocycles. The molecule has 15 nitrogen and oxygen atoms in total. The van der Waals surface area contributed by atoms with Gasteiger partial charge in [0.05, 0.1) is 27.3 Å². The summed E-state index contributed by atoms with van der Waals surface area (Å²) < 4.78 is 34.8. The van der Waals surface area contributed by atoms with E-state index in [9.17, 15) is 33.2 Å². The summed E-state index contributed by atoms with van der Waals surface area (Å²) in [6.45, 7) is 0. The fraction of sp³-hybridized carbons (Fsp3) is 0.0233. The number of fused-ring (bicyclic) bond motifs is 3. The van der Waals surface area contributed by atoms with Crippen LogP contribution < -0.4 is 34.7 Å². The summed E-state index contributed by atoms with van der Waals surface area (Å²) >= 11 is 0. The first kappa shape index (κ1) is 45.9. The molecule has 0 radical (unpaired) electrons. The SMILES string of the molecule is C.O=Nc1ccc2c([NH+]=Nc3ccc4ccccc4c3O)c(O)cc(S(=O)(=O)[O-])c2c1.Oc1ccc2ccccc2c1N=Nc1ccc(N=Nc2ccccc2)cc1.[Na+].[OH-]. The van der Waals surface area contributed by atoms with Crippen LogP contribution in [0.15, 0.2) is 187 Å². The van der Waals surface area contributed by atoms with Gasteiger partial charge in [-0.1, -0.05) is 91.4 Å². The number of hydrogen-bond acceptors (Lipinski definition) is 14. The molecule has 0 amide bonds. The Morgan fingerprint density at radius 3 is 1.70 bits per heavy atom. The molecule has 60 heavy (non-hydrogen) atoms. The van der Waals surface area contributed by atoms with Gasteiger partial charge in [-0.05, 0) is 82.7 Å². The fourth-order valence-electron chi connectivity index (χ4n) is 5.85. The van der Waals surface area contributed by atoms with Crippen molar-refractivity contribution in [2.75, 3.05) is 0 Å². The normalized spacial score (nSPS) is 11.2. The predicted molar refractivity (Wildman–Crippen MR) is 223 cm³/mol. The Balaban J connectivity index is 0.000000253. The number of hydrogen-bond donors (Lipinski definition) is 4. The Kier molecular flexibility index (Phi) is 15.5. The Hall–Kier alpha value is -6.79. The van der Waals surface area contributed by atoms with Crippen molar-refractivity contribution >= 4 is 82.2 Å². The molecular weight excluding hydrogens is 798 g/mol. The summed E-state index contributed by atoms with van der Waals surface area (Å²) in [5.74, 6) is -0.533. The zero-order valence-corrected chi connectivity index (χ0v) is 33.8. The van der Waals surface area contributed by atoms with E-state index in [4.69, 9.17) is 0 Å². The molecule has 0 saturated heterocycles. The summed E-state index contributed by atoms with van der Waals surface area (Å²) in [7, 11) is -4.94. The molecule has 0 fully saturated rings. The molecule has 17 heteroatoms. The van der Waals surface area contributed by atoms with Gasteiger partial charge >= 0.3 is 29.6 Å². The molecule has 8 aromatic rings. The third-order valence-corrected chi connectivity index (χ3v) is 9.51. The molecule has 0 aliphatic carbocycles. The van der Waals surface area contributed by atoms with E-state index in [1.54, 1.807) is 30.3 Å². The molecule has 5 N–H and O–H groups in total. The van der Waals surface area contributed by atoms with Crippen molar-refractivity contribution in [1.82, 2.24) is 0 Å². The van der Waals surface area contributed by atoms with E-state index in [1.807, 2.05) is 97.1 Å². The second kappa shape index (κ2) is 20.3. The molecule has 0 bridgehead atoms. The van der Waals surface area contributed by atoms with Crippen LogP contribution in [-0.4, -0.2) is 33.8 Å². The predicted octanol–water partition coefficient (Wildman–Crippen LogP) is 8.04. The van der Waals surface area contributed by atoms with Crippen LogP contribution in [0.4, 0.5) is 39.8 Å². The van der Waals surface area contributed by atoms with Crippen molar-refractivity contribution in [2.24, 2.45) is 30.7 Å². The van der Waals surface area contributed by atoms with Crippen LogP contribution in [0.2, 0.25) is 0 Å². The van der Waals surface area contributed by atoms with Gasteiger partial charge in [0.15, 0.2) is 17.2 Å². The van der Waals surface area contributed by atoms with Crippen LogP contribution >= 0.6 is 0 Å². The van der Waals surface area contributed by atoms with Gasteiger partial charge < -0.3 is 25.3 Å². The van der Waals surface area contributed by atoms with Gasteiger partial charge in [-0.25, -0.2) is 8.42 Å². The number of nitrogens with zero attached hydrogens (tertiary/aromatic N) is 6. The molecule has 0 aliphatic rings. The number of aromatic hydroxyl groups is 3. The molecule has 0 heterocycles. The van der Waals surface area contributed by atoms with E-state index in [1.165, 1.54) is 12.1 Å². The second-order valence-corrected chi connectivity index (χ2v) is 13.7. The number of phenols is 3. The van der Waals surface area contributed by atoms with E-state index in [0.717, 1.165) is 39.7 Å². The number of azo groups is 3. The van der Waals surface area contributed by atoms with E-state index in [-0.39, 0.29) is 81.8 Å². The molecule has 0 aromatic heterocycles. The third-order valence-electron chi connectivity index (χ3n) is 8.64. The maximum atomic E-state index is 11.6. The number of benzene rings is 8. The Morgan fingerprint density at radius 1 is 0.533 bits per heavy atom. The van der Waals surface area contributed by atoms with Crippen LogP contribution in [0.25, 0.3) is 32.3 Å². The topological polar surface area (TPSA) is 253 Å². The van der Waals surface area contributed by atoms with Crippen molar-refractivity contribution in [3.05, 3.63) is 157 Å². The van der Waals surface area contributed by atoms with E-state index in [2.05, 4.69) is 35.9 Å². The van der Waals surface area contributed by atoms with Gasteiger partial charge in [0.2, 0.25) is 0 Å². The van der Waals surface area contributed by atoms with E-state index >= 15 is 0 Å². The van der Waals surface area contributed by atoms with Crippen LogP contribution in [-0.2, 0) is 10.1 Å². The summed E-state index contributed by atoms with van der Waals surface area (Å²) in [5.41, 5.74) is 2.73. The Labute approximate surface area is 365 Å². The second-order valence-electron chi connectivity index (χ2n) is 12.3. The van der Waals surface area contributed by atoms with Crippen molar-refractivity contribution in [2.45, 2.75) is 12.3 Å². The molecule has 0 saturated carbocycles. The van der Waals surface area contributed by atoms with Crippen molar-refractivity contribution < 1.29 is 68.4 Å². The van der Waals surface area contributed by atoms with Crippen LogP contribution in [0, 0.1) is 4.91 Å². The van der Waals surface area contributed by atoms with Crippen molar-refractivity contribution in [3.8, 4) is 17.2 Å². The van der Waals surface area contributed by atoms with Gasteiger partial charge in [0.25, 0.3) is 5.69 Å². The van der Waals surface area contributed by atoms with Gasteiger partial charge in [-0.15, -0.1) is 10.0 Å². The number of rotatable bonds is 8. The summed E-state index contributed by atoms with van der Waals surface area (Å²) in [4.78, 5) is 10.1. The molecule has 0 spiro atoms. The smallest absolute Gasteiger partial charge is 0.870 e. The minimum Gasteiger partial charge on any atom is -0.870 e. The molecule has 8 aromatic carbocycles. The van der Waals surface area contributed by atoms with Crippen molar-refractivity contribution in [1.29, 1.82) is 0 Å². The number of phenolic OH excluding ortho intramolecular Hbond substituents is 3. The van der Waals surface area contributed by atoms with E-state index < -0.39 is 20.8 Å². The maximum absolute atomic E-state index is 11.6. The molecule has 0 unspecified atom stereocenters. The fourth-order valence-corrected chi connectivity index (χ4v) is 6.54. The van der Waals surface area contributed by atoms with E-state index in [0.29, 0.717) is 16.8 Å². The quantitative estimate of drug-likeness (QED) is 0.0382. The van der Waals surface area contributed by atoms with Crippen molar-refractivity contribution in [3.63, 3.8) is 0 Å². The number of nitrogens with one attached hydrogen (secondary N) is 1. The third kappa shape index (κ3) is 10.4. The van der Waals surface area contributed by atoms with Gasteiger partial charge in [0.1, 0.15) is 27.2 Å².